The van der Waals surface area contributed by atoms with Gasteiger partial charge in [0.1, 0.15) is 10.7 Å². The lowest BCUT2D eigenvalue weighted by Gasteiger charge is -2.35. The Morgan fingerprint density at radius 3 is 2.68 bits per heavy atom. The fourth-order valence-corrected chi connectivity index (χ4v) is 4.21. The number of aliphatic imine (C=N–C) groups is 1. The van der Waals surface area contributed by atoms with Gasteiger partial charge in [0, 0.05) is 18.1 Å². The molecule has 0 atom stereocenters. The third-order valence-corrected chi connectivity index (χ3v) is 5.93. The van der Waals surface area contributed by atoms with Crippen molar-refractivity contribution < 1.29 is 22.6 Å². The zero-order valence-corrected chi connectivity index (χ0v) is 18.5. The van der Waals surface area contributed by atoms with Gasteiger partial charge in [0.05, 0.1) is 18.1 Å². The number of nitrogens with one attached hydrogen (secondary N) is 2. The molecule has 1 aromatic carbocycles. The Kier molecular flexibility index (Phi) is 6.10. The van der Waals surface area contributed by atoms with E-state index in [1.165, 1.54) is 11.3 Å². The lowest BCUT2D eigenvalue weighted by molar-refractivity contribution is -0.141. The molecule has 14 heteroatoms. The van der Waals surface area contributed by atoms with E-state index >= 15 is 0 Å². The first-order valence-corrected chi connectivity index (χ1v) is 10.6. The van der Waals surface area contributed by atoms with Gasteiger partial charge in [0.15, 0.2) is 5.54 Å². The Morgan fingerprint density at radius 2 is 2.03 bits per heavy atom. The van der Waals surface area contributed by atoms with Crippen molar-refractivity contribution in [2.45, 2.75) is 18.6 Å². The first kappa shape index (κ1) is 23.4. The van der Waals surface area contributed by atoms with Crippen LogP contribution in [0.2, 0.25) is 0 Å². The number of aromatic nitrogens is 3. The van der Waals surface area contributed by atoms with Crippen molar-refractivity contribution >= 4 is 35.0 Å². The van der Waals surface area contributed by atoms with Gasteiger partial charge in [-0.3, -0.25) is 5.41 Å². The summed E-state index contributed by atoms with van der Waals surface area (Å²) >= 11 is 1.36. The van der Waals surface area contributed by atoms with Crippen LogP contribution in [-0.2, 0) is 21.2 Å². The molecule has 10 nitrogen and oxygen atoms in total. The standard InChI is InChI=1S/C20H19F3N8O2S/c1-10-4-11(6-12(5-10)29-18-27-3-2-14(30-18)20(21,22)23)13-7-28-15(34-13)19(8-32-9-19)31-17(26)33-16(24)25/h2-7H,8-9H2,1H3,(H3,24,25)(H2,26,31)(H,27,29,30). The Labute approximate surface area is 195 Å². The van der Waals surface area contributed by atoms with Gasteiger partial charge in [-0.1, -0.05) is 6.07 Å². The number of amidine groups is 2. The molecule has 1 fully saturated rings. The molecule has 0 spiro atoms. The van der Waals surface area contributed by atoms with Gasteiger partial charge < -0.3 is 26.3 Å². The SMILES string of the molecule is Cc1cc(Nc2nccc(C(F)(F)F)n2)cc(-c2cnc(C3(N=C(N)OC(=N)N)COC3)s2)c1. The molecule has 6 N–H and O–H groups in total. The second kappa shape index (κ2) is 8.87. The third-order valence-electron chi connectivity index (χ3n) is 4.69. The second-order valence-electron chi connectivity index (χ2n) is 7.45. The maximum Gasteiger partial charge on any atom is 0.433 e. The number of hydrogen-bond acceptors (Lipinski definition) is 9. The molecule has 3 aromatic rings. The van der Waals surface area contributed by atoms with Gasteiger partial charge >= 0.3 is 6.18 Å². The summed E-state index contributed by atoms with van der Waals surface area (Å²) in [6.45, 7) is 2.32. The Hall–Kier alpha value is -3.78. The first-order valence-electron chi connectivity index (χ1n) is 9.75. The highest BCUT2D eigenvalue weighted by Gasteiger charge is 2.44. The number of anilines is 2. The van der Waals surface area contributed by atoms with Gasteiger partial charge in [0.2, 0.25) is 5.95 Å². The van der Waals surface area contributed by atoms with Crippen molar-refractivity contribution in [1.29, 1.82) is 5.41 Å². The summed E-state index contributed by atoms with van der Waals surface area (Å²) < 4.78 is 49.0. The van der Waals surface area contributed by atoms with Crippen LogP contribution in [0.4, 0.5) is 24.8 Å². The lowest BCUT2D eigenvalue weighted by Crippen LogP contribution is -2.47. The van der Waals surface area contributed by atoms with Crippen LogP contribution in [0, 0.1) is 12.3 Å². The van der Waals surface area contributed by atoms with Crippen molar-refractivity contribution in [1.82, 2.24) is 15.0 Å². The number of hydrogen-bond donors (Lipinski definition) is 4. The molecular formula is C20H19F3N8O2S. The van der Waals surface area contributed by atoms with E-state index in [1.54, 1.807) is 18.3 Å². The molecule has 4 rings (SSSR count). The number of nitrogens with two attached hydrogens (primary N) is 2. The van der Waals surface area contributed by atoms with E-state index in [4.69, 9.17) is 26.4 Å². The average Bonchev–Trinajstić information content (AvgIpc) is 3.20. The monoisotopic (exact) mass is 492 g/mol. The van der Waals surface area contributed by atoms with E-state index in [2.05, 4.69) is 25.3 Å². The molecule has 3 heterocycles. The van der Waals surface area contributed by atoms with Crippen LogP contribution in [0.15, 0.2) is 41.7 Å². The quantitative estimate of drug-likeness (QED) is 0.312. The van der Waals surface area contributed by atoms with Crippen molar-refractivity contribution in [3.05, 3.63) is 52.9 Å². The van der Waals surface area contributed by atoms with E-state index in [9.17, 15) is 13.2 Å². The van der Waals surface area contributed by atoms with E-state index in [-0.39, 0.29) is 25.2 Å². The van der Waals surface area contributed by atoms with Gasteiger partial charge in [-0.15, -0.1) is 11.3 Å². The van der Waals surface area contributed by atoms with Crippen LogP contribution in [0.1, 0.15) is 16.3 Å². The number of nitrogens with zero attached hydrogens (tertiary/aromatic N) is 4. The summed E-state index contributed by atoms with van der Waals surface area (Å²) in [4.78, 5) is 17.0. The highest BCUT2D eigenvalue weighted by Crippen LogP contribution is 2.40. The molecule has 34 heavy (non-hydrogen) atoms. The van der Waals surface area contributed by atoms with Gasteiger partial charge in [-0.25, -0.2) is 19.9 Å². The summed E-state index contributed by atoms with van der Waals surface area (Å²) in [5.41, 5.74) is 11.2. The van der Waals surface area contributed by atoms with E-state index in [0.717, 1.165) is 28.3 Å². The normalized spacial score (nSPS) is 15.5. The van der Waals surface area contributed by atoms with Gasteiger partial charge in [0.25, 0.3) is 12.0 Å². The molecule has 0 aliphatic carbocycles. The number of aryl methyl sites for hydroxylation is 1. The van der Waals surface area contributed by atoms with Crippen LogP contribution in [0.3, 0.4) is 0 Å². The predicted molar refractivity (Wildman–Crippen MR) is 120 cm³/mol. The van der Waals surface area contributed by atoms with Crippen LogP contribution < -0.4 is 16.8 Å². The van der Waals surface area contributed by atoms with Crippen molar-refractivity contribution in [2.24, 2.45) is 16.5 Å². The lowest BCUT2D eigenvalue weighted by atomic mass is 10.00. The molecule has 1 aliphatic heterocycles. The topological polar surface area (TPSA) is 157 Å². The van der Waals surface area contributed by atoms with Crippen LogP contribution in [-0.4, -0.2) is 40.2 Å². The highest BCUT2D eigenvalue weighted by atomic mass is 32.1. The van der Waals surface area contributed by atoms with Crippen LogP contribution >= 0.6 is 11.3 Å². The fourth-order valence-electron chi connectivity index (χ4n) is 3.20. The Morgan fingerprint density at radius 1 is 1.26 bits per heavy atom. The number of alkyl halides is 3. The minimum Gasteiger partial charge on any atom is -0.393 e. The molecular weight excluding hydrogens is 473 g/mol. The maximum atomic E-state index is 13.0. The summed E-state index contributed by atoms with van der Waals surface area (Å²) in [7, 11) is 0. The maximum absolute atomic E-state index is 13.0. The van der Waals surface area contributed by atoms with Crippen molar-refractivity contribution in [3.63, 3.8) is 0 Å². The Bertz CT molecular complexity index is 1260. The molecule has 0 saturated carbocycles. The number of rotatable bonds is 5. The largest absolute Gasteiger partial charge is 0.433 e. The number of thiazole rings is 1. The number of ether oxygens (including phenoxy) is 2. The smallest absolute Gasteiger partial charge is 0.393 e. The van der Waals surface area contributed by atoms with Crippen molar-refractivity contribution in [2.75, 3.05) is 18.5 Å². The van der Waals surface area contributed by atoms with Gasteiger partial charge in [-0.2, -0.15) is 13.2 Å². The molecule has 178 valence electrons. The predicted octanol–water partition coefficient (Wildman–Crippen LogP) is 3.12. The zero-order chi connectivity index (χ0) is 24.5. The molecule has 1 saturated heterocycles. The van der Waals surface area contributed by atoms with Gasteiger partial charge in [-0.05, 0) is 36.2 Å². The van der Waals surface area contributed by atoms with E-state index < -0.39 is 23.4 Å². The van der Waals surface area contributed by atoms with E-state index in [0.29, 0.717) is 10.7 Å². The van der Waals surface area contributed by atoms with E-state index in [1.807, 2.05) is 13.0 Å². The van der Waals surface area contributed by atoms with Crippen molar-refractivity contribution in [3.8, 4) is 10.4 Å². The average molecular weight is 492 g/mol. The van der Waals surface area contributed by atoms with Crippen LogP contribution in [0.25, 0.3) is 10.4 Å². The fraction of sp³-hybridized carbons (Fsp3) is 0.250. The first-order chi connectivity index (χ1) is 16.0. The molecule has 1 aliphatic rings. The molecule has 0 bridgehead atoms. The summed E-state index contributed by atoms with van der Waals surface area (Å²) in [6.07, 6.45) is -1.86. The zero-order valence-electron chi connectivity index (χ0n) is 17.7. The molecule has 0 unspecified atom stereocenters. The minimum absolute atomic E-state index is 0.169. The molecule has 2 aromatic heterocycles. The highest BCUT2D eigenvalue weighted by molar-refractivity contribution is 7.15. The third kappa shape index (κ3) is 5.07. The molecule has 0 radical (unpaired) electrons. The summed E-state index contributed by atoms with van der Waals surface area (Å²) in [5, 5.41) is 10.6. The summed E-state index contributed by atoms with van der Waals surface area (Å²) in [6, 6.07) is 5.39. The summed E-state index contributed by atoms with van der Waals surface area (Å²) in [5.74, 6) is -0.169. The number of benzene rings is 1. The van der Waals surface area contributed by atoms with Crippen LogP contribution in [0.5, 0.6) is 0 Å². The Balaban J connectivity index is 1.60. The second-order valence-corrected chi connectivity index (χ2v) is 8.48. The minimum atomic E-state index is -4.57. The molecule has 0 amide bonds. The number of halogens is 3.